The molecule has 0 radical (unpaired) electrons. The van der Waals surface area contributed by atoms with Gasteiger partial charge >= 0.3 is 0 Å². The lowest BCUT2D eigenvalue weighted by molar-refractivity contribution is -0.119. The number of rotatable bonds is 13. The maximum Gasteiger partial charge on any atom is 0.251 e. The van der Waals surface area contributed by atoms with Crippen molar-refractivity contribution in [3.8, 4) is 11.5 Å². The zero-order valence-corrected chi connectivity index (χ0v) is 23.4. The monoisotopic (exact) mass is 515 g/mol. The molecule has 0 fully saturated rings. The number of carbonyl (C=O) groups excluding carboxylic acids is 2. The third kappa shape index (κ3) is 16.8. The van der Waals surface area contributed by atoms with Crippen molar-refractivity contribution in [2.75, 3.05) is 33.8 Å². The molecule has 0 saturated carbocycles. The summed E-state index contributed by atoms with van der Waals surface area (Å²) in [5, 5.41) is 13.3. The standard InChI is InChI=1S/C17H23N5O3.C7H14O.C4H8/c1-12(23)19-11-15-20-21-17(25-15)14-7-5-13(6-8-14)16(24)18-9-4-10-22(2)3;1-4-6-8-7(3)5-2;1-3-4-2/h5-8H,4,9-11H2,1-3H3,(H,18,24)(H,19,23);3-6H2,1-2H3;3H,1,4H2,2H3. The molecule has 2 N–H and O–H groups in total. The Morgan fingerprint density at radius 1 is 1.11 bits per heavy atom. The number of ether oxygens (including phenoxy) is 1. The highest BCUT2D eigenvalue weighted by atomic mass is 16.5. The summed E-state index contributed by atoms with van der Waals surface area (Å²) < 4.78 is 10.6. The van der Waals surface area contributed by atoms with E-state index < -0.39 is 0 Å². The molecule has 0 aliphatic heterocycles. The van der Waals surface area contributed by atoms with E-state index in [0.717, 1.165) is 44.6 Å². The largest absolute Gasteiger partial charge is 0.499 e. The maximum absolute atomic E-state index is 12.1. The van der Waals surface area contributed by atoms with Crippen LogP contribution in [0.5, 0.6) is 0 Å². The smallest absolute Gasteiger partial charge is 0.251 e. The number of hydrogen-bond acceptors (Lipinski definition) is 7. The van der Waals surface area contributed by atoms with Crippen LogP contribution in [0.25, 0.3) is 11.5 Å². The lowest BCUT2D eigenvalue weighted by atomic mass is 10.1. The minimum Gasteiger partial charge on any atom is -0.499 e. The van der Waals surface area contributed by atoms with Crippen molar-refractivity contribution in [2.24, 2.45) is 0 Å². The Balaban J connectivity index is 0.000000900. The first-order chi connectivity index (χ1) is 17.7. The van der Waals surface area contributed by atoms with E-state index in [1.54, 1.807) is 24.3 Å². The number of amides is 2. The SMILES string of the molecule is C=C(CC)OCCC.C=CCC.CC(=O)NCc1nnc(-c2ccc(C(=O)NCCCN(C)C)cc2)o1. The number of carbonyl (C=O) groups is 2. The van der Waals surface area contributed by atoms with Crippen LogP contribution in [0.4, 0.5) is 0 Å². The van der Waals surface area contributed by atoms with E-state index in [2.05, 4.69) is 52.7 Å². The molecule has 0 aliphatic rings. The van der Waals surface area contributed by atoms with Crippen LogP contribution >= 0.6 is 0 Å². The van der Waals surface area contributed by atoms with Gasteiger partial charge < -0.3 is 24.7 Å². The fraction of sp³-hybridized carbons (Fsp3) is 0.500. The highest BCUT2D eigenvalue weighted by molar-refractivity contribution is 5.94. The Labute approximate surface area is 222 Å². The van der Waals surface area contributed by atoms with Gasteiger partial charge in [-0.1, -0.05) is 33.4 Å². The van der Waals surface area contributed by atoms with Crippen molar-refractivity contribution in [1.29, 1.82) is 0 Å². The predicted octanol–water partition coefficient (Wildman–Crippen LogP) is 4.97. The van der Waals surface area contributed by atoms with Crippen molar-refractivity contribution in [1.82, 2.24) is 25.7 Å². The average molecular weight is 516 g/mol. The van der Waals surface area contributed by atoms with Gasteiger partial charge in [0.05, 0.1) is 18.9 Å². The van der Waals surface area contributed by atoms with Gasteiger partial charge in [-0.05, 0) is 64.2 Å². The zero-order chi connectivity index (χ0) is 28.1. The summed E-state index contributed by atoms with van der Waals surface area (Å²) in [6.45, 7) is 17.3. The summed E-state index contributed by atoms with van der Waals surface area (Å²) in [7, 11) is 4.00. The van der Waals surface area contributed by atoms with Crippen molar-refractivity contribution < 1.29 is 18.7 Å². The topological polar surface area (TPSA) is 110 Å². The van der Waals surface area contributed by atoms with E-state index in [4.69, 9.17) is 9.15 Å². The molecule has 37 heavy (non-hydrogen) atoms. The molecule has 1 aromatic heterocycles. The van der Waals surface area contributed by atoms with Crippen LogP contribution in [0.1, 0.15) is 69.6 Å². The van der Waals surface area contributed by atoms with E-state index in [1.807, 2.05) is 27.1 Å². The van der Waals surface area contributed by atoms with Gasteiger partial charge in [0.15, 0.2) is 0 Å². The fourth-order valence-corrected chi connectivity index (χ4v) is 2.45. The van der Waals surface area contributed by atoms with Crippen molar-refractivity contribution in [3.05, 3.63) is 60.7 Å². The molecule has 0 unspecified atom stereocenters. The third-order valence-corrected chi connectivity index (χ3v) is 4.61. The van der Waals surface area contributed by atoms with Crippen LogP contribution in [0.15, 0.2) is 53.7 Å². The molecule has 1 aromatic carbocycles. The molecule has 0 saturated heterocycles. The fourth-order valence-electron chi connectivity index (χ4n) is 2.45. The minimum absolute atomic E-state index is 0.109. The van der Waals surface area contributed by atoms with Crippen LogP contribution in [-0.4, -0.2) is 60.7 Å². The van der Waals surface area contributed by atoms with Gasteiger partial charge in [0.2, 0.25) is 17.7 Å². The number of nitrogens with zero attached hydrogens (tertiary/aromatic N) is 3. The minimum atomic E-state index is -0.166. The second kappa shape index (κ2) is 20.7. The highest BCUT2D eigenvalue weighted by Gasteiger charge is 2.10. The van der Waals surface area contributed by atoms with Gasteiger partial charge in [-0.15, -0.1) is 16.8 Å². The molecular formula is C28H45N5O4. The van der Waals surface area contributed by atoms with E-state index in [-0.39, 0.29) is 18.4 Å². The Hall–Kier alpha value is -3.46. The number of nitrogens with one attached hydrogen (secondary N) is 2. The Morgan fingerprint density at radius 3 is 2.27 bits per heavy atom. The van der Waals surface area contributed by atoms with E-state index in [9.17, 15) is 9.59 Å². The number of hydrogen-bond donors (Lipinski definition) is 2. The average Bonchev–Trinajstić information content (AvgIpc) is 3.38. The second-order valence-corrected chi connectivity index (χ2v) is 8.34. The van der Waals surface area contributed by atoms with Gasteiger partial charge in [-0.3, -0.25) is 9.59 Å². The van der Waals surface area contributed by atoms with E-state index >= 15 is 0 Å². The van der Waals surface area contributed by atoms with Crippen molar-refractivity contribution in [3.63, 3.8) is 0 Å². The Bertz CT molecular complexity index is 923. The molecule has 0 spiro atoms. The van der Waals surface area contributed by atoms with Crippen LogP contribution < -0.4 is 10.6 Å². The van der Waals surface area contributed by atoms with Crippen LogP contribution in [0.3, 0.4) is 0 Å². The lowest BCUT2D eigenvalue weighted by Gasteiger charge is -2.10. The summed E-state index contributed by atoms with van der Waals surface area (Å²) in [5.74, 6) is 1.29. The summed E-state index contributed by atoms with van der Waals surface area (Å²) in [5.41, 5.74) is 1.29. The quantitative estimate of drug-likeness (QED) is 0.220. The molecule has 0 atom stereocenters. The first-order valence-electron chi connectivity index (χ1n) is 12.7. The summed E-state index contributed by atoms with van der Waals surface area (Å²) in [6, 6.07) is 6.94. The first-order valence-corrected chi connectivity index (χ1v) is 12.7. The zero-order valence-electron chi connectivity index (χ0n) is 23.4. The molecule has 0 bridgehead atoms. The molecule has 9 nitrogen and oxygen atoms in total. The second-order valence-electron chi connectivity index (χ2n) is 8.34. The van der Waals surface area contributed by atoms with Crippen molar-refractivity contribution in [2.45, 2.75) is 59.9 Å². The molecule has 2 aromatic rings. The number of allylic oxidation sites excluding steroid dienone is 2. The van der Waals surface area contributed by atoms with Crippen LogP contribution in [-0.2, 0) is 16.1 Å². The summed E-state index contributed by atoms with van der Waals surface area (Å²) in [4.78, 5) is 25.0. The van der Waals surface area contributed by atoms with Gasteiger partial charge in [-0.25, -0.2) is 0 Å². The molecule has 1 heterocycles. The molecular weight excluding hydrogens is 470 g/mol. The molecule has 206 valence electrons. The normalized spacial score (nSPS) is 9.81. The van der Waals surface area contributed by atoms with Crippen LogP contribution in [0.2, 0.25) is 0 Å². The molecule has 2 rings (SSSR count). The first kappa shape index (κ1) is 33.5. The predicted molar refractivity (Wildman–Crippen MR) is 149 cm³/mol. The van der Waals surface area contributed by atoms with E-state index in [0.29, 0.717) is 29.5 Å². The third-order valence-electron chi connectivity index (χ3n) is 4.61. The molecule has 0 aliphatic carbocycles. The van der Waals surface area contributed by atoms with Crippen LogP contribution in [0, 0.1) is 0 Å². The number of benzene rings is 1. The van der Waals surface area contributed by atoms with Gasteiger partial charge in [-0.2, -0.15) is 0 Å². The Morgan fingerprint density at radius 2 is 1.76 bits per heavy atom. The van der Waals surface area contributed by atoms with Gasteiger partial charge in [0.25, 0.3) is 5.91 Å². The summed E-state index contributed by atoms with van der Waals surface area (Å²) >= 11 is 0. The number of aromatic nitrogens is 2. The lowest BCUT2D eigenvalue weighted by Crippen LogP contribution is -2.27. The van der Waals surface area contributed by atoms with E-state index in [1.165, 1.54) is 6.92 Å². The molecule has 2 amide bonds. The van der Waals surface area contributed by atoms with Gasteiger partial charge in [0.1, 0.15) is 0 Å². The maximum atomic E-state index is 12.1. The van der Waals surface area contributed by atoms with Gasteiger partial charge in [0, 0.05) is 31.0 Å². The summed E-state index contributed by atoms with van der Waals surface area (Å²) in [6.07, 6.45) is 5.86. The molecule has 9 heteroatoms. The Kier molecular flexibility index (Phi) is 18.8. The highest BCUT2D eigenvalue weighted by Crippen LogP contribution is 2.18. The van der Waals surface area contributed by atoms with Crippen molar-refractivity contribution >= 4 is 11.8 Å².